The molecule has 0 bridgehead atoms. The molecule has 0 spiro atoms. The molecule has 6 rings (SSSR count). The monoisotopic (exact) mass is 566 g/mol. The summed E-state index contributed by atoms with van der Waals surface area (Å²) in [6.07, 6.45) is 0. The fourth-order valence-electron chi connectivity index (χ4n) is 5.20. The molecular weight excluding hydrogens is 536 g/mol. The lowest BCUT2D eigenvalue weighted by Gasteiger charge is -2.25. The molecule has 2 aliphatic rings. The smallest absolute Gasteiger partial charge is 0.259 e. The lowest BCUT2D eigenvalue weighted by molar-refractivity contribution is 0.0937. The second-order valence-corrected chi connectivity index (χ2v) is 11.8. The van der Waals surface area contributed by atoms with Gasteiger partial charge >= 0.3 is 0 Å². The SMILES string of the molecule is Cc1ccc(C)c(CN2C(=O)c3ccccc3[S@@](=O)c3ccc(C(=O)N[C@@H](C)c4ccc5c(c4)OCCO5)cc32)c1. The maximum absolute atomic E-state index is 14.0. The molecule has 4 aromatic rings. The van der Waals surface area contributed by atoms with Crippen molar-refractivity contribution >= 4 is 28.3 Å². The van der Waals surface area contributed by atoms with Gasteiger partial charge in [-0.05, 0) is 79.9 Å². The molecule has 0 saturated carbocycles. The minimum atomic E-state index is -1.60. The summed E-state index contributed by atoms with van der Waals surface area (Å²) in [5.41, 5.74) is 5.21. The van der Waals surface area contributed by atoms with Gasteiger partial charge in [0.15, 0.2) is 11.5 Å². The molecule has 41 heavy (non-hydrogen) atoms. The zero-order valence-electron chi connectivity index (χ0n) is 23.1. The average molecular weight is 567 g/mol. The predicted molar refractivity (Wildman–Crippen MR) is 157 cm³/mol. The number of ether oxygens (including phenoxy) is 2. The number of benzene rings is 4. The quantitative estimate of drug-likeness (QED) is 0.326. The van der Waals surface area contributed by atoms with Crippen LogP contribution >= 0.6 is 0 Å². The van der Waals surface area contributed by atoms with Crippen LogP contribution < -0.4 is 19.7 Å². The minimum absolute atomic E-state index is 0.254. The highest BCUT2D eigenvalue weighted by atomic mass is 32.2. The largest absolute Gasteiger partial charge is 0.486 e. The van der Waals surface area contributed by atoms with Gasteiger partial charge in [0.25, 0.3) is 11.8 Å². The number of amides is 2. The van der Waals surface area contributed by atoms with Crippen LogP contribution in [-0.4, -0.2) is 29.2 Å². The average Bonchev–Trinajstić information content (AvgIpc) is 3.07. The normalized spacial score (nSPS) is 16.3. The second kappa shape index (κ2) is 10.9. The zero-order chi connectivity index (χ0) is 28.7. The van der Waals surface area contributed by atoms with Crippen LogP contribution in [-0.2, 0) is 17.3 Å². The van der Waals surface area contributed by atoms with Crippen LogP contribution in [0.3, 0.4) is 0 Å². The molecule has 0 saturated heterocycles. The number of rotatable bonds is 5. The fourth-order valence-corrected chi connectivity index (χ4v) is 6.54. The molecule has 4 aromatic carbocycles. The van der Waals surface area contributed by atoms with E-state index in [0.717, 1.165) is 22.3 Å². The third-order valence-corrected chi connectivity index (χ3v) is 9.02. The first-order valence-corrected chi connectivity index (χ1v) is 14.7. The standard InChI is InChI=1S/C33H30N2O5S/c1-20-8-9-21(2)25(16-20)19-35-27-17-24(11-13-31(27)41(38)30-7-5-4-6-26(30)33(35)37)32(36)34-22(3)23-10-12-28-29(18-23)40-15-14-39-28/h4-13,16-18,22H,14-15,19H2,1-3H3,(H,34,36)/t22-,41+/m0/s1. The van der Waals surface area contributed by atoms with Crippen molar-refractivity contribution in [1.82, 2.24) is 5.32 Å². The van der Waals surface area contributed by atoms with Crippen LogP contribution in [0.2, 0.25) is 0 Å². The first kappa shape index (κ1) is 26.8. The first-order valence-electron chi connectivity index (χ1n) is 13.5. The van der Waals surface area contributed by atoms with E-state index < -0.39 is 10.8 Å². The minimum Gasteiger partial charge on any atom is -0.486 e. The van der Waals surface area contributed by atoms with Crippen molar-refractivity contribution in [1.29, 1.82) is 0 Å². The van der Waals surface area contributed by atoms with E-state index >= 15 is 0 Å². The molecule has 7 nitrogen and oxygen atoms in total. The van der Waals surface area contributed by atoms with Crippen LogP contribution in [0.4, 0.5) is 5.69 Å². The lowest BCUT2D eigenvalue weighted by Crippen LogP contribution is -2.31. The lowest BCUT2D eigenvalue weighted by atomic mass is 10.0. The van der Waals surface area contributed by atoms with Crippen molar-refractivity contribution in [3.63, 3.8) is 0 Å². The van der Waals surface area contributed by atoms with Gasteiger partial charge in [-0.25, -0.2) is 4.21 Å². The highest BCUT2D eigenvalue weighted by Gasteiger charge is 2.32. The van der Waals surface area contributed by atoms with Gasteiger partial charge in [0, 0.05) is 5.56 Å². The van der Waals surface area contributed by atoms with Crippen molar-refractivity contribution < 1.29 is 23.3 Å². The van der Waals surface area contributed by atoms with E-state index in [-0.39, 0.29) is 24.4 Å². The summed E-state index contributed by atoms with van der Waals surface area (Å²) >= 11 is 0. The third-order valence-electron chi connectivity index (χ3n) is 7.52. The van der Waals surface area contributed by atoms with Gasteiger partial charge in [-0.15, -0.1) is 0 Å². The van der Waals surface area contributed by atoms with E-state index in [1.54, 1.807) is 47.4 Å². The van der Waals surface area contributed by atoms with E-state index in [4.69, 9.17) is 9.47 Å². The number of hydrogen-bond donors (Lipinski definition) is 1. The molecule has 0 aliphatic carbocycles. The number of nitrogens with zero attached hydrogens (tertiary/aromatic N) is 1. The maximum Gasteiger partial charge on any atom is 0.259 e. The molecule has 0 fully saturated rings. The van der Waals surface area contributed by atoms with Gasteiger partial charge in [0.1, 0.15) is 13.2 Å². The molecule has 1 N–H and O–H groups in total. The van der Waals surface area contributed by atoms with Crippen LogP contribution in [0.25, 0.3) is 0 Å². The Kier molecular flexibility index (Phi) is 7.09. The van der Waals surface area contributed by atoms with Crippen molar-refractivity contribution in [3.05, 3.63) is 112 Å². The number of aryl methyl sites for hydroxylation is 2. The van der Waals surface area contributed by atoms with Crippen molar-refractivity contribution in [3.8, 4) is 11.5 Å². The summed E-state index contributed by atoms with van der Waals surface area (Å²) < 4.78 is 25.1. The summed E-state index contributed by atoms with van der Waals surface area (Å²) in [5, 5.41) is 3.05. The molecule has 8 heteroatoms. The molecule has 2 atom stereocenters. The van der Waals surface area contributed by atoms with E-state index in [1.165, 1.54) is 0 Å². The second-order valence-electron chi connectivity index (χ2n) is 10.4. The van der Waals surface area contributed by atoms with Crippen LogP contribution in [0, 0.1) is 13.8 Å². The Hall–Kier alpha value is -4.43. The molecular formula is C33H30N2O5S. The molecule has 2 heterocycles. The number of nitrogens with one attached hydrogen (secondary N) is 1. The van der Waals surface area contributed by atoms with Gasteiger partial charge < -0.3 is 19.7 Å². The summed E-state index contributed by atoms with van der Waals surface area (Å²) in [6, 6.07) is 23.5. The van der Waals surface area contributed by atoms with Gasteiger partial charge in [0.2, 0.25) is 0 Å². The summed E-state index contributed by atoms with van der Waals surface area (Å²) in [4.78, 5) is 30.1. The number of anilines is 1. The van der Waals surface area contributed by atoms with E-state index in [9.17, 15) is 13.8 Å². The Morgan fingerprint density at radius 1 is 0.927 bits per heavy atom. The highest BCUT2D eigenvalue weighted by Crippen LogP contribution is 2.37. The van der Waals surface area contributed by atoms with E-state index in [1.807, 2.05) is 51.1 Å². The van der Waals surface area contributed by atoms with Crippen molar-refractivity contribution in [2.45, 2.75) is 43.1 Å². The van der Waals surface area contributed by atoms with Crippen LogP contribution in [0.5, 0.6) is 11.5 Å². The van der Waals surface area contributed by atoms with Gasteiger partial charge in [-0.2, -0.15) is 0 Å². The van der Waals surface area contributed by atoms with Gasteiger partial charge in [-0.1, -0.05) is 42.0 Å². The molecule has 2 aliphatic heterocycles. The summed E-state index contributed by atoms with van der Waals surface area (Å²) in [6.45, 7) is 7.19. The third kappa shape index (κ3) is 5.11. The van der Waals surface area contributed by atoms with E-state index in [0.29, 0.717) is 51.3 Å². The van der Waals surface area contributed by atoms with Gasteiger partial charge in [0.05, 0.1) is 44.4 Å². The maximum atomic E-state index is 14.0. The highest BCUT2D eigenvalue weighted by molar-refractivity contribution is 7.85. The number of carbonyl (C=O) groups excluding carboxylic acids is 2. The topological polar surface area (TPSA) is 84.9 Å². The molecule has 0 radical (unpaired) electrons. The number of hydrogen-bond acceptors (Lipinski definition) is 5. The van der Waals surface area contributed by atoms with Gasteiger partial charge in [-0.3, -0.25) is 9.59 Å². The molecule has 2 amide bonds. The predicted octanol–water partition coefficient (Wildman–Crippen LogP) is 5.89. The van der Waals surface area contributed by atoms with Crippen LogP contribution in [0.1, 0.15) is 55.9 Å². The Bertz CT molecular complexity index is 1720. The Morgan fingerprint density at radius 2 is 1.71 bits per heavy atom. The van der Waals surface area contributed by atoms with E-state index in [2.05, 4.69) is 11.4 Å². The Balaban J connectivity index is 1.36. The number of carbonyl (C=O) groups is 2. The van der Waals surface area contributed by atoms with Crippen molar-refractivity contribution in [2.24, 2.45) is 0 Å². The Labute approximate surface area is 241 Å². The number of fused-ring (bicyclic) bond motifs is 3. The summed E-state index contributed by atoms with van der Waals surface area (Å²) in [7, 11) is -1.60. The molecule has 208 valence electrons. The van der Waals surface area contributed by atoms with Crippen molar-refractivity contribution in [2.75, 3.05) is 18.1 Å². The van der Waals surface area contributed by atoms with Crippen LogP contribution in [0.15, 0.2) is 88.7 Å². The molecule has 0 aromatic heterocycles. The zero-order valence-corrected chi connectivity index (χ0v) is 23.9. The summed E-state index contributed by atoms with van der Waals surface area (Å²) in [5.74, 6) is 0.784. The Morgan fingerprint density at radius 3 is 2.54 bits per heavy atom. The fraction of sp³-hybridized carbons (Fsp3) is 0.212. The molecule has 0 unspecified atom stereocenters. The first-order chi connectivity index (χ1) is 19.8.